The molecule has 0 saturated heterocycles. The molecule has 72 heavy (non-hydrogen) atoms. The zero-order chi connectivity index (χ0) is 52.6. The summed E-state index contributed by atoms with van der Waals surface area (Å²) in [5.74, 6) is -9.08. The molecule has 0 atom stereocenters. The van der Waals surface area contributed by atoms with Crippen molar-refractivity contribution in [2.75, 3.05) is 17.7 Å². The average molecular weight is 1040 g/mol. The van der Waals surface area contributed by atoms with Gasteiger partial charge in [-0.25, -0.2) is 39.4 Å². The van der Waals surface area contributed by atoms with Crippen molar-refractivity contribution in [3.05, 3.63) is 148 Å². The Morgan fingerprint density at radius 3 is 1.97 bits per heavy atom. The van der Waals surface area contributed by atoms with Crippen molar-refractivity contribution in [1.82, 2.24) is 4.13 Å². The number of thioether (sulfide) groups is 1. The van der Waals surface area contributed by atoms with Crippen molar-refractivity contribution in [3.8, 4) is 22.5 Å². The first-order chi connectivity index (χ1) is 33.9. The number of carbonyl (C=O) groups excluding carboxylic acids is 1. The number of carbonyl (C=O) groups is 1. The lowest BCUT2D eigenvalue weighted by Gasteiger charge is -2.20. The van der Waals surface area contributed by atoms with Crippen molar-refractivity contribution in [2.45, 2.75) is 108 Å². The minimum atomic E-state index is -5.92. The van der Waals surface area contributed by atoms with E-state index in [9.17, 15) is 21.6 Å². The Kier molecular flexibility index (Phi) is 15.8. The molecule has 0 aromatic heterocycles. The van der Waals surface area contributed by atoms with Crippen LogP contribution in [0, 0.1) is 35.6 Å². The van der Waals surface area contributed by atoms with E-state index in [-0.39, 0.29) is 58.8 Å². The summed E-state index contributed by atoms with van der Waals surface area (Å²) < 4.78 is 132. The zero-order valence-electron chi connectivity index (χ0n) is 41.6. The second-order valence-electron chi connectivity index (χ2n) is 19.1. The molecule has 2 aliphatic rings. The lowest BCUT2D eigenvalue weighted by atomic mass is 9.91. The quantitative estimate of drug-likeness (QED) is 0.0227. The summed E-state index contributed by atoms with van der Waals surface area (Å²) in [6.07, 6.45) is 0.430. The summed E-state index contributed by atoms with van der Waals surface area (Å²) in [4.78, 5) is 13.4. The molecule has 0 saturated carbocycles. The first-order valence-electron chi connectivity index (χ1n) is 23.5. The van der Waals surface area contributed by atoms with Crippen LogP contribution in [0.25, 0.3) is 33.4 Å². The van der Waals surface area contributed by atoms with Crippen LogP contribution in [0.5, 0.6) is 0 Å². The highest BCUT2D eigenvalue weighted by atomic mass is 32.3. The van der Waals surface area contributed by atoms with E-state index in [0.717, 1.165) is 39.7 Å². The van der Waals surface area contributed by atoms with Crippen LogP contribution in [0.2, 0.25) is 0 Å². The highest BCUT2D eigenvalue weighted by molar-refractivity contribution is 8.04. The fourth-order valence-electron chi connectivity index (χ4n) is 8.28. The second-order valence-corrected chi connectivity index (χ2v) is 23.7. The number of para-hydroxylation sites is 2. The standard InChI is InChI=1S/C55H57F4N3O7S3/c1-11-55(9,10)54(63)68-26-27-70-52-46(56)48(58)53(49(59)47(52)57)72(66,67)62-71(64,65)44-21-13-12-17-41(44)45-39-24-22-34(60-50-33(8)16-14-18-36(50)30(2)3)28-42(39)69-43-29-35(23-25-40(43)45)61-51-37(31(4)5)19-15-20-38(51)32(6)7/h12-25,28-32,60,62H,11,26-27H2,1-10H3/b61-35+. The summed E-state index contributed by atoms with van der Waals surface area (Å²) in [6, 6.07) is 28.0. The van der Waals surface area contributed by atoms with Crippen LogP contribution in [-0.2, 0) is 29.6 Å². The van der Waals surface area contributed by atoms with Crippen LogP contribution in [0.3, 0.4) is 0 Å². The number of nitrogens with one attached hydrogen (secondary N) is 2. The van der Waals surface area contributed by atoms with Gasteiger partial charge in [-0.1, -0.05) is 103 Å². The van der Waals surface area contributed by atoms with Crippen LogP contribution in [0.15, 0.2) is 121 Å². The molecule has 380 valence electrons. The van der Waals surface area contributed by atoms with E-state index in [4.69, 9.17) is 14.1 Å². The number of aryl methyl sites for hydroxylation is 1. The van der Waals surface area contributed by atoms with Crippen molar-refractivity contribution >= 4 is 65.8 Å². The highest BCUT2D eigenvalue weighted by Gasteiger charge is 2.37. The van der Waals surface area contributed by atoms with Crippen LogP contribution in [0.4, 0.5) is 34.6 Å². The van der Waals surface area contributed by atoms with Crippen molar-refractivity contribution < 1.29 is 48.3 Å². The smallest absolute Gasteiger partial charge is 0.311 e. The van der Waals surface area contributed by atoms with Crippen molar-refractivity contribution in [3.63, 3.8) is 0 Å². The highest BCUT2D eigenvalue weighted by Crippen LogP contribution is 2.44. The summed E-state index contributed by atoms with van der Waals surface area (Å²) in [5.41, 5.74) is 6.59. The Bertz CT molecular complexity index is 3450. The zero-order valence-corrected chi connectivity index (χ0v) is 44.1. The summed E-state index contributed by atoms with van der Waals surface area (Å²) in [5, 5.41) is 4.47. The number of nitrogens with zero attached hydrogens (tertiary/aromatic N) is 1. The predicted octanol–water partition coefficient (Wildman–Crippen LogP) is 14.2. The molecule has 0 radical (unpaired) electrons. The summed E-state index contributed by atoms with van der Waals surface area (Å²) >= 11 is 0.242. The van der Waals surface area contributed by atoms with E-state index >= 15 is 17.6 Å². The average Bonchev–Trinajstić information content (AvgIpc) is 3.32. The van der Waals surface area contributed by atoms with Crippen molar-refractivity contribution in [2.24, 2.45) is 10.4 Å². The third-order valence-corrected chi connectivity index (χ3v) is 17.2. The van der Waals surface area contributed by atoms with Gasteiger partial charge in [0.2, 0.25) is 0 Å². The Balaban J connectivity index is 1.36. The molecule has 2 N–H and O–H groups in total. The normalized spacial score (nSPS) is 12.8. The third kappa shape index (κ3) is 10.8. The molecular formula is C55H57F4N3O7S3. The lowest BCUT2D eigenvalue weighted by molar-refractivity contribution is -0.153. The number of halogens is 4. The Morgan fingerprint density at radius 2 is 1.35 bits per heavy atom. The maximum Gasteiger partial charge on any atom is 0.311 e. The molecule has 17 heteroatoms. The lowest BCUT2D eigenvalue weighted by Crippen LogP contribution is -2.33. The maximum atomic E-state index is 15.7. The van der Waals surface area contributed by atoms with Gasteiger partial charge in [0.25, 0.3) is 20.0 Å². The van der Waals surface area contributed by atoms with E-state index in [0.29, 0.717) is 34.0 Å². The van der Waals surface area contributed by atoms with Gasteiger partial charge in [0, 0.05) is 51.3 Å². The number of ether oxygens (including phenoxy) is 1. The minimum Gasteiger partial charge on any atom is -0.464 e. The molecule has 1 aliphatic carbocycles. The van der Waals surface area contributed by atoms with Crippen LogP contribution in [0.1, 0.15) is 109 Å². The molecule has 5 aromatic rings. The molecular weight excluding hydrogens is 987 g/mol. The number of anilines is 2. The molecule has 0 fully saturated rings. The molecule has 10 nitrogen and oxygen atoms in total. The first kappa shape index (κ1) is 53.8. The topological polar surface area (TPSA) is 144 Å². The van der Waals surface area contributed by atoms with Gasteiger partial charge in [-0.05, 0) is 97.5 Å². The van der Waals surface area contributed by atoms with Gasteiger partial charge in [-0.3, -0.25) is 4.79 Å². The monoisotopic (exact) mass is 1040 g/mol. The van der Waals surface area contributed by atoms with Crippen LogP contribution < -0.4 is 14.8 Å². The Hall–Kier alpha value is -6.01. The number of hydrogen-bond donors (Lipinski definition) is 2. The van der Waals surface area contributed by atoms with Crippen molar-refractivity contribution in [1.29, 1.82) is 0 Å². The largest absolute Gasteiger partial charge is 0.464 e. The van der Waals surface area contributed by atoms with Gasteiger partial charge >= 0.3 is 5.97 Å². The number of benzene rings is 6. The van der Waals surface area contributed by atoms with Gasteiger partial charge in [0.1, 0.15) is 18.0 Å². The third-order valence-electron chi connectivity index (χ3n) is 12.6. The summed E-state index contributed by atoms with van der Waals surface area (Å²) in [7, 11) is -11.3. The van der Waals surface area contributed by atoms with Gasteiger partial charge < -0.3 is 14.5 Å². The second kappa shape index (κ2) is 21.2. The number of hydrogen-bond acceptors (Lipinski definition) is 10. The van der Waals surface area contributed by atoms with E-state index in [1.165, 1.54) is 22.3 Å². The molecule has 0 spiro atoms. The van der Waals surface area contributed by atoms with E-state index in [1.54, 1.807) is 57.2 Å². The van der Waals surface area contributed by atoms with Gasteiger partial charge in [-0.2, -0.15) is 0 Å². The predicted molar refractivity (Wildman–Crippen MR) is 276 cm³/mol. The Labute approximate surface area is 422 Å². The van der Waals surface area contributed by atoms with Crippen LogP contribution in [-0.4, -0.2) is 35.2 Å². The maximum absolute atomic E-state index is 15.7. The SMILES string of the molecule is CCC(C)(C)C(=O)OCCSc1c(F)c(F)c(S(=O)(=O)NS(=O)(=O)c2ccccc2-c2c3cc/c(=N\c4c(C(C)C)cccc4C(C)C)cc-3oc3cc(Nc4c(C)cccc4C(C)C)ccc23)c(F)c1F. The van der Waals surface area contributed by atoms with E-state index in [1.807, 2.05) is 43.3 Å². The van der Waals surface area contributed by atoms with Gasteiger partial charge in [0.05, 0.1) is 26.3 Å². The molecule has 5 aromatic carbocycles. The van der Waals surface area contributed by atoms with Gasteiger partial charge in [0.15, 0.2) is 28.2 Å². The minimum absolute atomic E-state index is 0.0438. The van der Waals surface area contributed by atoms with E-state index in [2.05, 4.69) is 46.9 Å². The molecule has 0 unspecified atom stereocenters. The van der Waals surface area contributed by atoms with E-state index < -0.39 is 69.4 Å². The number of esters is 1. The fourth-order valence-corrected chi connectivity index (χ4v) is 12.3. The number of rotatable bonds is 17. The summed E-state index contributed by atoms with van der Waals surface area (Å²) in [6.45, 7) is 19.1. The fraction of sp³-hybridized carbons (Fsp3) is 0.309. The molecule has 0 amide bonds. The molecule has 0 bridgehead atoms. The first-order valence-corrected chi connectivity index (χ1v) is 27.4. The van der Waals surface area contributed by atoms with Gasteiger partial charge in [-0.15, -0.1) is 15.9 Å². The molecule has 1 aliphatic heterocycles. The molecule has 7 rings (SSSR count). The number of fused-ring (bicyclic) bond motifs is 2. The number of sulfonamides is 2. The molecule has 1 heterocycles. The van der Waals surface area contributed by atoms with Crippen LogP contribution >= 0.6 is 11.8 Å². The Morgan fingerprint density at radius 1 is 0.736 bits per heavy atom.